The van der Waals surface area contributed by atoms with Crippen LogP contribution in [0, 0.1) is 11.3 Å². The van der Waals surface area contributed by atoms with Gasteiger partial charge in [0.05, 0.1) is 12.0 Å². The van der Waals surface area contributed by atoms with Crippen molar-refractivity contribution in [3.8, 4) is 6.07 Å². The van der Waals surface area contributed by atoms with Gasteiger partial charge in [0.15, 0.2) is 0 Å². The van der Waals surface area contributed by atoms with Crippen LogP contribution in [0.4, 0.5) is 0 Å². The highest BCUT2D eigenvalue weighted by Crippen LogP contribution is 2.32. The number of benzene rings is 2. The standard InChI is InChI=1S/C24H30N2.ClH/c1-19(2)10-11-21-13-12-20-8-4-5-9-23(20)24(21)22(18-25)14-17-26-15-6-3-7-16-26;/h4-5,8-10,12-13,22H,3,6-7,11,14-17H2,1-2H3;1H. The lowest BCUT2D eigenvalue weighted by Gasteiger charge is -2.27. The molecule has 0 aliphatic carbocycles. The summed E-state index contributed by atoms with van der Waals surface area (Å²) in [5.41, 5.74) is 3.88. The lowest BCUT2D eigenvalue weighted by atomic mass is 9.86. The van der Waals surface area contributed by atoms with Gasteiger partial charge in [0.1, 0.15) is 0 Å². The Balaban J connectivity index is 0.00000261. The molecule has 144 valence electrons. The Morgan fingerprint density at radius 3 is 2.56 bits per heavy atom. The molecule has 0 amide bonds. The maximum atomic E-state index is 9.99. The summed E-state index contributed by atoms with van der Waals surface area (Å²) in [5, 5.41) is 12.5. The Bertz CT molecular complexity index is 809. The second-order valence-corrected chi connectivity index (χ2v) is 7.72. The van der Waals surface area contributed by atoms with Crippen LogP contribution in [0.5, 0.6) is 0 Å². The second-order valence-electron chi connectivity index (χ2n) is 7.72. The largest absolute Gasteiger partial charge is 0.303 e. The molecule has 0 saturated carbocycles. The molecule has 2 nitrogen and oxygen atoms in total. The van der Waals surface area contributed by atoms with Crippen LogP contribution in [0.15, 0.2) is 48.0 Å². The van der Waals surface area contributed by atoms with E-state index in [1.54, 1.807) is 0 Å². The maximum Gasteiger partial charge on any atom is 0.0733 e. The molecule has 1 saturated heterocycles. The topological polar surface area (TPSA) is 27.0 Å². The van der Waals surface area contributed by atoms with Gasteiger partial charge < -0.3 is 4.90 Å². The van der Waals surface area contributed by atoms with E-state index in [0.29, 0.717) is 0 Å². The minimum atomic E-state index is -0.0383. The summed E-state index contributed by atoms with van der Waals surface area (Å²) in [6.07, 6.45) is 8.06. The number of likely N-dealkylation sites (tertiary alicyclic amines) is 1. The molecular formula is C24H31ClN2. The van der Waals surface area contributed by atoms with Gasteiger partial charge in [0.2, 0.25) is 0 Å². The Kier molecular flexibility index (Phi) is 8.35. The number of hydrogen-bond donors (Lipinski definition) is 0. The first kappa shape index (κ1) is 21.5. The average molecular weight is 383 g/mol. The smallest absolute Gasteiger partial charge is 0.0733 e. The van der Waals surface area contributed by atoms with Gasteiger partial charge in [0.25, 0.3) is 0 Å². The number of piperidine rings is 1. The van der Waals surface area contributed by atoms with Crippen LogP contribution < -0.4 is 0 Å². The fraction of sp³-hybridized carbons (Fsp3) is 0.458. The highest BCUT2D eigenvalue weighted by molar-refractivity contribution is 5.87. The van der Waals surface area contributed by atoms with Crippen molar-refractivity contribution in [2.45, 2.75) is 51.9 Å². The van der Waals surface area contributed by atoms with Crippen LogP contribution in [-0.4, -0.2) is 24.5 Å². The molecule has 0 radical (unpaired) electrons. The van der Waals surface area contributed by atoms with E-state index in [1.807, 2.05) is 0 Å². The van der Waals surface area contributed by atoms with Crippen LogP contribution >= 0.6 is 12.4 Å². The molecule has 3 heteroatoms. The SMILES string of the molecule is CC(C)=CCc1ccc2ccccc2c1C(C#N)CCN1CCCCC1.Cl. The molecule has 1 aliphatic heterocycles. The Morgan fingerprint density at radius 2 is 1.85 bits per heavy atom. The van der Waals surface area contributed by atoms with Gasteiger partial charge in [-0.2, -0.15) is 5.26 Å². The summed E-state index contributed by atoms with van der Waals surface area (Å²) in [6.45, 7) is 7.69. The molecule has 1 heterocycles. The van der Waals surface area contributed by atoms with Crippen LogP contribution in [0.3, 0.4) is 0 Å². The minimum Gasteiger partial charge on any atom is -0.303 e. The van der Waals surface area contributed by atoms with Gasteiger partial charge in [-0.15, -0.1) is 12.4 Å². The van der Waals surface area contributed by atoms with Crippen molar-refractivity contribution < 1.29 is 0 Å². The molecule has 0 bridgehead atoms. The Morgan fingerprint density at radius 1 is 1.11 bits per heavy atom. The molecule has 2 aromatic carbocycles. The minimum absolute atomic E-state index is 0. The summed E-state index contributed by atoms with van der Waals surface area (Å²) < 4.78 is 0. The van der Waals surface area contributed by atoms with E-state index in [4.69, 9.17) is 0 Å². The fourth-order valence-electron chi connectivity index (χ4n) is 4.01. The number of nitriles is 1. The van der Waals surface area contributed by atoms with Crippen molar-refractivity contribution in [1.29, 1.82) is 5.26 Å². The number of nitrogens with zero attached hydrogens (tertiary/aromatic N) is 2. The van der Waals surface area contributed by atoms with E-state index in [-0.39, 0.29) is 18.3 Å². The van der Waals surface area contributed by atoms with E-state index in [9.17, 15) is 5.26 Å². The van der Waals surface area contributed by atoms with Gasteiger partial charge in [0, 0.05) is 0 Å². The number of hydrogen-bond acceptors (Lipinski definition) is 2. The third-order valence-corrected chi connectivity index (χ3v) is 5.48. The highest BCUT2D eigenvalue weighted by Gasteiger charge is 2.19. The van der Waals surface area contributed by atoms with Crippen LogP contribution in [0.1, 0.15) is 56.6 Å². The molecule has 0 aromatic heterocycles. The lowest BCUT2D eigenvalue weighted by molar-refractivity contribution is 0.224. The molecule has 0 N–H and O–H groups in total. The van der Waals surface area contributed by atoms with Gasteiger partial charge in [-0.05, 0) is 81.1 Å². The van der Waals surface area contributed by atoms with E-state index < -0.39 is 0 Å². The predicted molar refractivity (Wildman–Crippen MR) is 118 cm³/mol. The van der Waals surface area contributed by atoms with Gasteiger partial charge in [-0.25, -0.2) is 0 Å². The summed E-state index contributed by atoms with van der Waals surface area (Å²) in [5.74, 6) is -0.0383. The zero-order chi connectivity index (χ0) is 18.4. The number of allylic oxidation sites excluding steroid dienone is 2. The van der Waals surface area contributed by atoms with E-state index in [0.717, 1.165) is 19.4 Å². The normalized spacial score (nSPS) is 15.6. The fourth-order valence-corrected chi connectivity index (χ4v) is 4.01. The lowest BCUT2D eigenvalue weighted by Crippen LogP contribution is -2.31. The quantitative estimate of drug-likeness (QED) is 0.552. The first-order chi connectivity index (χ1) is 12.7. The van der Waals surface area contributed by atoms with Crippen molar-refractivity contribution in [3.63, 3.8) is 0 Å². The number of halogens is 1. The van der Waals surface area contributed by atoms with Gasteiger partial charge in [-0.3, -0.25) is 0 Å². The molecule has 1 aliphatic rings. The van der Waals surface area contributed by atoms with Crippen molar-refractivity contribution in [1.82, 2.24) is 4.90 Å². The summed E-state index contributed by atoms with van der Waals surface area (Å²) in [4.78, 5) is 2.54. The van der Waals surface area contributed by atoms with Crippen molar-refractivity contribution in [2.75, 3.05) is 19.6 Å². The molecular weight excluding hydrogens is 352 g/mol. The molecule has 1 atom stereocenters. The number of rotatable bonds is 6. The zero-order valence-corrected chi connectivity index (χ0v) is 17.4. The summed E-state index contributed by atoms with van der Waals surface area (Å²) in [6, 6.07) is 15.6. The van der Waals surface area contributed by atoms with Gasteiger partial charge >= 0.3 is 0 Å². The van der Waals surface area contributed by atoms with E-state index in [1.165, 1.54) is 59.8 Å². The molecule has 0 spiro atoms. The third-order valence-electron chi connectivity index (χ3n) is 5.48. The van der Waals surface area contributed by atoms with Crippen LogP contribution in [-0.2, 0) is 6.42 Å². The third kappa shape index (κ3) is 5.58. The maximum absolute atomic E-state index is 9.99. The van der Waals surface area contributed by atoms with Crippen molar-refractivity contribution in [2.24, 2.45) is 0 Å². The first-order valence-electron chi connectivity index (χ1n) is 9.95. The van der Waals surface area contributed by atoms with Crippen molar-refractivity contribution >= 4 is 23.2 Å². The summed E-state index contributed by atoms with van der Waals surface area (Å²) in [7, 11) is 0. The molecule has 1 fully saturated rings. The van der Waals surface area contributed by atoms with Crippen molar-refractivity contribution in [3.05, 3.63) is 59.2 Å². The predicted octanol–water partition coefficient (Wildman–Crippen LogP) is 6.25. The Hall–Kier alpha value is -1.82. The van der Waals surface area contributed by atoms with Gasteiger partial charge in [-0.1, -0.05) is 54.5 Å². The highest BCUT2D eigenvalue weighted by atomic mass is 35.5. The second kappa shape index (κ2) is 10.5. The zero-order valence-electron chi connectivity index (χ0n) is 16.6. The Labute approximate surface area is 170 Å². The average Bonchev–Trinajstić information content (AvgIpc) is 2.68. The monoisotopic (exact) mass is 382 g/mol. The van der Waals surface area contributed by atoms with E-state index >= 15 is 0 Å². The first-order valence-corrected chi connectivity index (χ1v) is 9.95. The van der Waals surface area contributed by atoms with E-state index in [2.05, 4.69) is 67.3 Å². The number of fused-ring (bicyclic) bond motifs is 1. The summed E-state index contributed by atoms with van der Waals surface area (Å²) >= 11 is 0. The molecule has 27 heavy (non-hydrogen) atoms. The van der Waals surface area contributed by atoms with Crippen LogP contribution in [0.25, 0.3) is 10.8 Å². The van der Waals surface area contributed by atoms with Crippen LogP contribution in [0.2, 0.25) is 0 Å². The molecule has 1 unspecified atom stereocenters. The molecule has 2 aromatic rings. The molecule has 3 rings (SSSR count).